The quantitative estimate of drug-likeness (QED) is 0.314. The summed E-state index contributed by atoms with van der Waals surface area (Å²) in [6, 6.07) is -0.985. The van der Waals surface area contributed by atoms with Crippen LogP contribution in [0.2, 0.25) is 0 Å². The van der Waals surface area contributed by atoms with E-state index in [0.717, 1.165) is 0 Å². The number of aliphatic hydroxyl groups is 4. The summed E-state index contributed by atoms with van der Waals surface area (Å²) in [4.78, 5) is 12.4. The fourth-order valence-corrected chi connectivity index (χ4v) is 4.30. The smallest absolute Gasteiger partial charge is 0.392 e. The van der Waals surface area contributed by atoms with Gasteiger partial charge in [-0.25, -0.2) is 4.57 Å². The van der Waals surface area contributed by atoms with E-state index in [9.17, 15) is 29.8 Å². The van der Waals surface area contributed by atoms with E-state index in [1.807, 2.05) is 20.8 Å². The van der Waals surface area contributed by atoms with Crippen LogP contribution in [0.1, 0.15) is 53.9 Å². The molecule has 11 nitrogen and oxygen atoms in total. The summed E-state index contributed by atoms with van der Waals surface area (Å²) in [5, 5.41) is 41.8. The standard InChI is InChI=1S/C20H36NO10P/c1-6-20(26)8-10(22)13(17(25)31-32-27)11(30-20)7-12(19(3,4)5)29-18-16(24)14(21)15(23)9(2)28-18/h9-16,18,22-24,26H,6-8,21H2,1-5H3/t9?,10?,11?,12-,13-,14?,15?,16?,18?,20-/m1/s1. The molecule has 2 heterocycles. The Labute approximate surface area is 189 Å². The SMILES string of the molecule is CC[C@]1(O)CC(O)[C@@H](C(=O)OP=O)C(C[C@@H](OC2OC(C)C(O)C(N)C2O)C(C)(C)C)O1. The van der Waals surface area contributed by atoms with Gasteiger partial charge in [-0.3, -0.25) is 4.79 Å². The van der Waals surface area contributed by atoms with E-state index in [2.05, 4.69) is 4.52 Å². The van der Waals surface area contributed by atoms with Gasteiger partial charge >= 0.3 is 14.7 Å². The van der Waals surface area contributed by atoms with Crippen molar-refractivity contribution < 1.29 is 48.5 Å². The van der Waals surface area contributed by atoms with Crippen LogP contribution in [0.5, 0.6) is 0 Å². The van der Waals surface area contributed by atoms with Gasteiger partial charge in [0.1, 0.15) is 12.0 Å². The molecule has 0 spiro atoms. The monoisotopic (exact) mass is 481 g/mol. The summed E-state index contributed by atoms with van der Waals surface area (Å²) in [5.41, 5.74) is 5.33. The van der Waals surface area contributed by atoms with E-state index >= 15 is 0 Å². The van der Waals surface area contributed by atoms with Crippen LogP contribution in [0, 0.1) is 11.3 Å². The van der Waals surface area contributed by atoms with Crippen LogP contribution in [0.25, 0.3) is 0 Å². The van der Waals surface area contributed by atoms with Gasteiger partial charge in [-0.1, -0.05) is 27.7 Å². The molecule has 32 heavy (non-hydrogen) atoms. The number of carbonyl (C=O) groups excluding carboxylic acids is 1. The molecule has 0 aliphatic carbocycles. The highest BCUT2D eigenvalue weighted by Crippen LogP contribution is 2.40. The number of hydrogen-bond acceptors (Lipinski definition) is 11. The summed E-state index contributed by atoms with van der Waals surface area (Å²) in [5.74, 6) is -3.81. The Kier molecular flexibility index (Phi) is 9.17. The van der Waals surface area contributed by atoms with Gasteiger partial charge in [-0.05, 0) is 18.8 Å². The summed E-state index contributed by atoms with van der Waals surface area (Å²) in [6.45, 7) is 8.87. The predicted octanol–water partition coefficient (Wildman–Crippen LogP) is 0.216. The largest absolute Gasteiger partial charge is 0.398 e. The maximum atomic E-state index is 12.4. The van der Waals surface area contributed by atoms with Crippen molar-refractivity contribution in [3.05, 3.63) is 0 Å². The molecule has 0 aromatic carbocycles. The van der Waals surface area contributed by atoms with Crippen LogP contribution in [0.4, 0.5) is 0 Å². The molecule has 2 fully saturated rings. The zero-order valence-corrected chi connectivity index (χ0v) is 20.0. The predicted molar refractivity (Wildman–Crippen MR) is 111 cm³/mol. The fraction of sp³-hybridized carbons (Fsp3) is 0.950. The Morgan fingerprint density at radius 3 is 2.44 bits per heavy atom. The average molecular weight is 481 g/mol. The van der Waals surface area contributed by atoms with Crippen molar-refractivity contribution in [3.63, 3.8) is 0 Å². The Morgan fingerprint density at radius 1 is 1.28 bits per heavy atom. The number of carbonyl (C=O) groups is 1. The topological polar surface area (TPSA) is 178 Å². The second kappa shape index (κ2) is 10.7. The number of ether oxygens (including phenoxy) is 3. The zero-order chi connectivity index (χ0) is 24.4. The van der Waals surface area contributed by atoms with Gasteiger partial charge in [0.15, 0.2) is 12.1 Å². The second-order valence-electron chi connectivity index (χ2n) is 9.73. The molecule has 7 unspecified atom stereocenters. The molecule has 2 aliphatic rings. The van der Waals surface area contributed by atoms with Gasteiger partial charge in [-0.15, -0.1) is 0 Å². The van der Waals surface area contributed by atoms with Crippen LogP contribution in [-0.4, -0.2) is 81.1 Å². The summed E-state index contributed by atoms with van der Waals surface area (Å²) in [7, 11) is -0.865. The van der Waals surface area contributed by atoms with Crippen molar-refractivity contribution in [3.8, 4) is 0 Å². The van der Waals surface area contributed by atoms with E-state index in [-0.39, 0.29) is 19.3 Å². The van der Waals surface area contributed by atoms with Gasteiger partial charge in [-0.2, -0.15) is 0 Å². The number of rotatable bonds is 7. The molecule has 0 saturated carbocycles. The highest BCUT2D eigenvalue weighted by molar-refractivity contribution is 7.18. The Balaban J connectivity index is 2.29. The Morgan fingerprint density at radius 2 is 1.91 bits per heavy atom. The minimum atomic E-state index is -1.67. The molecule has 2 aliphatic heterocycles. The molecule has 2 rings (SSSR count). The minimum absolute atomic E-state index is 0.0110. The highest BCUT2D eigenvalue weighted by atomic mass is 31.1. The molecule has 0 bridgehead atoms. The third kappa shape index (κ3) is 6.22. The van der Waals surface area contributed by atoms with Gasteiger partial charge in [0.25, 0.3) is 0 Å². The van der Waals surface area contributed by atoms with Gasteiger partial charge in [0, 0.05) is 12.8 Å². The van der Waals surface area contributed by atoms with Crippen molar-refractivity contribution in [2.45, 2.75) is 109 Å². The second-order valence-corrected chi connectivity index (χ2v) is 10.1. The molecule has 0 amide bonds. The summed E-state index contributed by atoms with van der Waals surface area (Å²) >= 11 is 0. The van der Waals surface area contributed by atoms with Gasteiger partial charge in [0.05, 0.1) is 36.6 Å². The molecule has 186 valence electrons. The Bertz CT molecular complexity index is 661. The molecule has 0 aromatic heterocycles. The lowest BCUT2D eigenvalue weighted by atomic mass is 9.79. The normalized spacial score (nSPS) is 41.9. The van der Waals surface area contributed by atoms with Crippen molar-refractivity contribution >= 4 is 14.7 Å². The van der Waals surface area contributed by atoms with Crippen LogP contribution in [0.3, 0.4) is 0 Å². The maximum absolute atomic E-state index is 12.4. The molecular formula is C20H36NO10P. The lowest BCUT2D eigenvalue weighted by Crippen LogP contribution is -2.62. The lowest BCUT2D eigenvalue weighted by Gasteiger charge is -2.46. The van der Waals surface area contributed by atoms with Crippen molar-refractivity contribution in [2.75, 3.05) is 0 Å². The van der Waals surface area contributed by atoms with Crippen LogP contribution >= 0.6 is 8.69 Å². The van der Waals surface area contributed by atoms with E-state index in [1.54, 1.807) is 13.8 Å². The summed E-state index contributed by atoms with van der Waals surface area (Å²) in [6.07, 6.45) is -7.30. The van der Waals surface area contributed by atoms with E-state index in [4.69, 9.17) is 19.9 Å². The maximum Gasteiger partial charge on any atom is 0.398 e. The molecule has 12 heteroatoms. The van der Waals surface area contributed by atoms with Crippen molar-refractivity contribution in [1.29, 1.82) is 0 Å². The highest BCUT2D eigenvalue weighted by Gasteiger charge is 2.51. The molecule has 0 radical (unpaired) electrons. The zero-order valence-electron chi connectivity index (χ0n) is 19.1. The summed E-state index contributed by atoms with van der Waals surface area (Å²) < 4.78 is 32.9. The molecule has 0 aromatic rings. The number of nitrogens with two attached hydrogens (primary N) is 1. The first-order chi connectivity index (χ1) is 14.7. The van der Waals surface area contributed by atoms with E-state index in [1.165, 1.54) is 0 Å². The van der Waals surface area contributed by atoms with Crippen molar-refractivity contribution in [2.24, 2.45) is 17.1 Å². The third-order valence-electron chi connectivity index (χ3n) is 6.27. The molecule has 2 saturated heterocycles. The first kappa shape index (κ1) is 27.5. The average Bonchev–Trinajstić information content (AvgIpc) is 2.68. The van der Waals surface area contributed by atoms with Crippen LogP contribution < -0.4 is 5.73 Å². The number of aliphatic hydroxyl groups excluding tert-OH is 3. The lowest BCUT2D eigenvalue weighted by molar-refractivity contribution is -0.312. The van der Waals surface area contributed by atoms with Gasteiger partial charge in [0.2, 0.25) is 0 Å². The van der Waals surface area contributed by atoms with E-state index < -0.39 is 80.7 Å². The molecule has 6 N–H and O–H groups in total. The van der Waals surface area contributed by atoms with Crippen LogP contribution in [0.15, 0.2) is 0 Å². The van der Waals surface area contributed by atoms with Crippen LogP contribution in [-0.2, 0) is 28.1 Å². The van der Waals surface area contributed by atoms with Crippen molar-refractivity contribution in [1.82, 2.24) is 0 Å². The van der Waals surface area contributed by atoms with Gasteiger partial charge < -0.3 is 44.9 Å². The third-order valence-corrected chi connectivity index (χ3v) is 6.53. The first-order valence-corrected chi connectivity index (χ1v) is 11.5. The Hall–Kier alpha value is -0.750. The number of hydrogen-bond donors (Lipinski definition) is 5. The first-order valence-electron chi connectivity index (χ1n) is 10.8. The minimum Gasteiger partial charge on any atom is -0.392 e. The van der Waals surface area contributed by atoms with E-state index in [0.29, 0.717) is 0 Å². The molecular weight excluding hydrogens is 445 g/mol. The molecule has 10 atom stereocenters. The fourth-order valence-electron chi connectivity index (χ4n) is 4.10.